The van der Waals surface area contributed by atoms with E-state index in [9.17, 15) is 5.11 Å². The fraction of sp³-hybridized carbons (Fsp3) is 0.857. The molecule has 1 heteroatoms. The number of hydrogen-bond acceptors (Lipinski definition) is 1. The summed E-state index contributed by atoms with van der Waals surface area (Å²) < 4.78 is 0. The summed E-state index contributed by atoms with van der Waals surface area (Å²) in [6, 6.07) is 0. The van der Waals surface area contributed by atoms with E-state index >= 15 is 0 Å². The van der Waals surface area contributed by atoms with Crippen LogP contribution in [-0.2, 0) is 0 Å². The van der Waals surface area contributed by atoms with Gasteiger partial charge in [0.05, 0.1) is 6.10 Å². The van der Waals surface area contributed by atoms with Crippen LogP contribution >= 0.6 is 0 Å². The first kappa shape index (κ1) is 12.8. The number of rotatable bonds is 0. The largest absolute Gasteiger partial charge is 0.393 e. The van der Waals surface area contributed by atoms with Crippen LogP contribution in [0.15, 0.2) is 11.1 Å². The Morgan fingerprint density at radius 2 is 1.33 bits per heavy atom. The zero-order valence-corrected chi connectivity index (χ0v) is 10.4. The second-order valence-electron chi connectivity index (χ2n) is 5.06. The van der Waals surface area contributed by atoms with Crippen molar-refractivity contribution in [1.29, 1.82) is 0 Å². The van der Waals surface area contributed by atoms with E-state index in [2.05, 4.69) is 13.8 Å². The van der Waals surface area contributed by atoms with Gasteiger partial charge in [-0.1, -0.05) is 30.4 Å². The quantitative estimate of drug-likeness (QED) is 0.594. The van der Waals surface area contributed by atoms with Crippen molar-refractivity contribution in [2.45, 2.75) is 77.7 Å². The summed E-state index contributed by atoms with van der Waals surface area (Å²) in [5, 5.41) is 9.73. The van der Waals surface area contributed by atoms with Crippen molar-refractivity contribution in [2.24, 2.45) is 0 Å². The minimum atomic E-state index is -0.0440. The van der Waals surface area contributed by atoms with Gasteiger partial charge in [-0.2, -0.15) is 0 Å². The SMILES string of the molecule is C/C1=C(\C)CCCC(O)CCCCCC1. The van der Waals surface area contributed by atoms with Gasteiger partial charge >= 0.3 is 0 Å². The third-order valence-corrected chi connectivity index (χ3v) is 3.66. The van der Waals surface area contributed by atoms with E-state index in [-0.39, 0.29) is 6.10 Å². The molecule has 0 aliphatic heterocycles. The summed E-state index contributed by atoms with van der Waals surface area (Å²) in [6.45, 7) is 4.53. The molecule has 0 saturated heterocycles. The lowest BCUT2D eigenvalue weighted by Crippen LogP contribution is -2.06. The molecule has 1 nitrogen and oxygen atoms in total. The second kappa shape index (κ2) is 7.05. The molecule has 1 N–H and O–H groups in total. The van der Waals surface area contributed by atoms with E-state index in [1.165, 1.54) is 38.5 Å². The Morgan fingerprint density at radius 3 is 2.07 bits per heavy atom. The van der Waals surface area contributed by atoms with Crippen molar-refractivity contribution in [3.63, 3.8) is 0 Å². The van der Waals surface area contributed by atoms with Crippen molar-refractivity contribution < 1.29 is 5.11 Å². The van der Waals surface area contributed by atoms with Crippen LogP contribution in [0.5, 0.6) is 0 Å². The summed E-state index contributed by atoms with van der Waals surface area (Å²) in [6.07, 6.45) is 10.8. The molecule has 0 heterocycles. The van der Waals surface area contributed by atoms with Crippen LogP contribution in [0.1, 0.15) is 71.6 Å². The molecule has 0 fully saturated rings. The van der Waals surface area contributed by atoms with E-state index < -0.39 is 0 Å². The van der Waals surface area contributed by atoms with Crippen LogP contribution in [0.2, 0.25) is 0 Å². The molecular formula is C14H26O. The summed E-state index contributed by atoms with van der Waals surface area (Å²) >= 11 is 0. The highest BCUT2D eigenvalue weighted by atomic mass is 16.3. The monoisotopic (exact) mass is 210 g/mol. The zero-order chi connectivity index (χ0) is 11.1. The Balaban J connectivity index is 2.44. The van der Waals surface area contributed by atoms with Crippen molar-refractivity contribution >= 4 is 0 Å². The average molecular weight is 210 g/mol. The lowest BCUT2D eigenvalue weighted by molar-refractivity contribution is 0.148. The normalized spacial score (nSPS) is 31.8. The first-order valence-corrected chi connectivity index (χ1v) is 6.53. The predicted molar refractivity (Wildman–Crippen MR) is 65.9 cm³/mol. The summed E-state index contributed by atoms with van der Waals surface area (Å²) in [4.78, 5) is 0. The molecule has 1 atom stereocenters. The molecule has 0 aromatic rings. The predicted octanol–water partition coefficient (Wildman–Crippen LogP) is 4.21. The molecule has 1 rings (SSSR count). The third kappa shape index (κ3) is 5.36. The molecule has 1 aliphatic carbocycles. The van der Waals surface area contributed by atoms with Gasteiger partial charge in [-0.05, 0) is 52.4 Å². The third-order valence-electron chi connectivity index (χ3n) is 3.66. The molecule has 0 radical (unpaired) electrons. The van der Waals surface area contributed by atoms with E-state index in [0.29, 0.717) is 0 Å². The van der Waals surface area contributed by atoms with Crippen molar-refractivity contribution in [2.75, 3.05) is 0 Å². The first-order valence-electron chi connectivity index (χ1n) is 6.53. The standard InChI is InChI=1S/C14H26O/c1-12-8-5-3-4-6-10-14(15)11-7-9-13(12)2/h14-15H,3-11H2,1-2H3/b13-12-. The fourth-order valence-electron chi connectivity index (χ4n) is 2.30. The average Bonchev–Trinajstić information content (AvgIpc) is 2.21. The maximum atomic E-state index is 9.73. The smallest absolute Gasteiger partial charge is 0.0540 e. The Hall–Kier alpha value is -0.300. The van der Waals surface area contributed by atoms with Crippen molar-refractivity contribution in [3.8, 4) is 0 Å². The highest BCUT2D eigenvalue weighted by molar-refractivity contribution is 5.09. The summed E-state index contributed by atoms with van der Waals surface area (Å²) in [7, 11) is 0. The van der Waals surface area contributed by atoms with Gasteiger partial charge in [0, 0.05) is 0 Å². The minimum Gasteiger partial charge on any atom is -0.393 e. The number of aliphatic hydroxyl groups excluding tert-OH is 1. The molecule has 0 aromatic carbocycles. The van der Waals surface area contributed by atoms with E-state index in [1.807, 2.05) is 0 Å². The zero-order valence-electron chi connectivity index (χ0n) is 10.4. The number of allylic oxidation sites excluding steroid dienone is 2. The molecule has 1 unspecified atom stereocenters. The summed E-state index contributed by atoms with van der Waals surface area (Å²) in [5.74, 6) is 0. The van der Waals surface area contributed by atoms with Crippen LogP contribution in [0.25, 0.3) is 0 Å². The van der Waals surface area contributed by atoms with Crippen LogP contribution < -0.4 is 0 Å². The maximum absolute atomic E-state index is 9.73. The van der Waals surface area contributed by atoms with Crippen LogP contribution in [0.4, 0.5) is 0 Å². The van der Waals surface area contributed by atoms with Gasteiger partial charge < -0.3 is 5.11 Å². The Bertz CT molecular complexity index is 205. The number of aliphatic hydroxyl groups is 1. The highest BCUT2D eigenvalue weighted by Crippen LogP contribution is 2.21. The molecule has 0 spiro atoms. The molecular weight excluding hydrogens is 184 g/mol. The molecule has 0 bridgehead atoms. The lowest BCUT2D eigenvalue weighted by atomic mass is 9.96. The lowest BCUT2D eigenvalue weighted by Gasteiger charge is -2.13. The van der Waals surface area contributed by atoms with Gasteiger partial charge in [0.2, 0.25) is 0 Å². The molecule has 0 aromatic heterocycles. The van der Waals surface area contributed by atoms with Gasteiger partial charge in [-0.25, -0.2) is 0 Å². The van der Waals surface area contributed by atoms with Crippen LogP contribution in [0, 0.1) is 0 Å². The topological polar surface area (TPSA) is 20.2 Å². The highest BCUT2D eigenvalue weighted by Gasteiger charge is 2.06. The Morgan fingerprint density at radius 1 is 0.800 bits per heavy atom. The Kier molecular flexibility index (Phi) is 6.00. The maximum Gasteiger partial charge on any atom is 0.0540 e. The van der Waals surface area contributed by atoms with Gasteiger partial charge in [-0.3, -0.25) is 0 Å². The molecule has 1 aliphatic rings. The summed E-state index contributed by atoms with van der Waals surface area (Å²) in [5.41, 5.74) is 3.15. The molecule has 88 valence electrons. The van der Waals surface area contributed by atoms with E-state index in [1.54, 1.807) is 11.1 Å². The van der Waals surface area contributed by atoms with Gasteiger partial charge in [-0.15, -0.1) is 0 Å². The van der Waals surface area contributed by atoms with E-state index in [0.717, 1.165) is 19.3 Å². The Labute approximate surface area is 94.6 Å². The molecule has 0 amide bonds. The fourth-order valence-corrected chi connectivity index (χ4v) is 2.30. The molecule has 0 saturated carbocycles. The van der Waals surface area contributed by atoms with Gasteiger partial charge in [0.25, 0.3) is 0 Å². The van der Waals surface area contributed by atoms with Gasteiger partial charge in [0.15, 0.2) is 0 Å². The first-order chi connectivity index (χ1) is 7.20. The minimum absolute atomic E-state index is 0.0440. The van der Waals surface area contributed by atoms with E-state index in [4.69, 9.17) is 0 Å². The second-order valence-corrected chi connectivity index (χ2v) is 5.06. The van der Waals surface area contributed by atoms with Crippen molar-refractivity contribution in [1.82, 2.24) is 0 Å². The van der Waals surface area contributed by atoms with Gasteiger partial charge in [0.1, 0.15) is 0 Å². The number of hydrogen-bond donors (Lipinski definition) is 1. The molecule has 15 heavy (non-hydrogen) atoms. The van der Waals surface area contributed by atoms with Crippen LogP contribution in [-0.4, -0.2) is 11.2 Å². The van der Waals surface area contributed by atoms with Crippen LogP contribution in [0.3, 0.4) is 0 Å². The van der Waals surface area contributed by atoms with Crippen molar-refractivity contribution in [3.05, 3.63) is 11.1 Å².